The van der Waals surface area contributed by atoms with Crippen molar-refractivity contribution in [2.24, 2.45) is 5.92 Å². The summed E-state index contributed by atoms with van der Waals surface area (Å²) in [6.45, 7) is 4.49. The molecule has 2 aromatic carbocycles. The minimum atomic E-state index is 0.570. The van der Waals surface area contributed by atoms with E-state index in [0.29, 0.717) is 5.92 Å². The number of rotatable bonds is 6. The first kappa shape index (κ1) is 19.8. The fourth-order valence-electron chi connectivity index (χ4n) is 4.14. The van der Waals surface area contributed by atoms with Crippen LogP contribution in [0.15, 0.2) is 48.5 Å². The summed E-state index contributed by atoms with van der Waals surface area (Å²) in [6.07, 6.45) is 11.2. The van der Waals surface area contributed by atoms with Crippen LogP contribution in [0, 0.1) is 17.8 Å². The molecular weight excluding hydrogens is 324 g/mol. The molecule has 2 aromatic rings. The fraction of sp³-hybridized carbons (Fsp3) is 0.481. The topological polar surface area (TPSA) is 0 Å². The molecular formula is C27H34. The van der Waals surface area contributed by atoms with Crippen molar-refractivity contribution in [1.82, 2.24) is 0 Å². The van der Waals surface area contributed by atoms with Crippen molar-refractivity contribution in [3.8, 4) is 11.8 Å². The Morgan fingerprint density at radius 3 is 2.00 bits per heavy atom. The highest BCUT2D eigenvalue weighted by molar-refractivity contribution is 5.37. The summed E-state index contributed by atoms with van der Waals surface area (Å²) in [5.41, 5.74) is 5.61. The smallest absolute Gasteiger partial charge is 0.0245 e. The average Bonchev–Trinajstić information content (AvgIpc) is 2.73. The molecule has 0 radical (unpaired) electrons. The van der Waals surface area contributed by atoms with Crippen LogP contribution in [0.3, 0.4) is 0 Å². The second kappa shape index (κ2) is 10.4. The summed E-state index contributed by atoms with van der Waals surface area (Å²) in [4.78, 5) is 0. The van der Waals surface area contributed by atoms with Gasteiger partial charge in [0.2, 0.25) is 0 Å². The molecule has 0 heterocycles. The standard InChI is InChI=1S/C27H34/c1-3-5-7-23-8-10-24(11-9-23)12-13-25-16-20-27(21-17-25)26-18-14-22(6-4-2)15-19-26/h8-11,14-15,18-19,25,27H,3-7,16-17,20-21H2,1-2H3/t25-,27-. The van der Waals surface area contributed by atoms with E-state index in [-0.39, 0.29) is 0 Å². The maximum Gasteiger partial charge on any atom is 0.0245 e. The summed E-state index contributed by atoms with van der Waals surface area (Å²) >= 11 is 0. The van der Waals surface area contributed by atoms with E-state index in [9.17, 15) is 0 Å². The van der Waals surface area contributed by atoms with E-state index in [1.54, 1.807) is 0 Å². The molecule has 0 aromatic heterocycles. The lowest BCUT2D eigenvalue weighted by molar-refractivity contribution is 0.384. The molecule has 0 unspecified atom stereocenters. The van der Waals surface area contributed by atoms with E-state index in [1.165, 1.54) is 80.0 Å². The summed E-state index contributed by atoms with van der Waals surface area (Å²) in [7, 11) is 0. The van der Waals surface area contributed by atoms with Gasteiger partial charge in [-0.05, 0) is 79.7 Å². The van der Waals surface area contributed by atoms with Crippen LogP contribution in [0.1, 0.15) is 87.0 Å². The predicted octanol–water partition coefficient (Wildman–Crippen LogP) is 7.31. The zero-order valence-electron chi connectivity index (χ0n) is 17.1. The van der Waals surface area contributed by atoms with Gasteiger partial charge in [0, 0.05) is 11.5 Å². The molecule has 0 bridgehead atoms. The zero-order valence-corrected chi connectivity index (χ0v) is 17.1. The maximum absolute atomic E-state index is 3.55. The highest BCUT2D eigenvalue weighted by atomic mass is 14.2. The maximum atomic E-state index is 3.55. The van der Waals surface area contributed by atoms with E-state index in [4.69, 9.17) is 0 Å². The minimum absolute atomic E-state index is 0.570. The molecule has 0 saturated heterocycles. The Morgan fingerprint density at radius 2 is 1.37 bits per heavy atom. The summed E-state index contributed by atoms with van der Waals surface area (Å²) in [5, 5.41) is 0. The molecule has 27 heavy (non-hydrogen) atoms. The SMILES string of the molecule is CCCCc1ccc(C#C[C@H]2CC[C@H](c3ccc(CCC)cc3)CC2)cc1. The van der Waals surface area contributed by atoms with E-state index in [0.717, 1.165) is 5.92 Å². The van der Waals surface area contributed by atoms with Gasteiger partial charge in [0.1, 0.15) is 0 Å². The summed E-state index contributed by atoms with van der Waals surface area (Å²) in [6, 6.07) is 18.3. The van der Waals surface area contributed by atoms with Gasteiger partial charge in [0.15, 0.2) is 0 Å². The lowest BCUT2D eigenvalue weighted by Crippen LogP contribution is -2.12. The quantitative estimate of drug-likeness (QED) is 0.475. The number of unbranched alkanes of at least 4 members (excludes halogenated alkanes) is 1. The van der Waals surface area contributed by atoms with Crippen molar-refractivity contribution in [2.45, 2.75) is 77.6 Å². The van der Waals surface area contributed by atoms with Crippen LogP contribution in [-0.4, -0.2) is 0 Å². The molecule has 1 saturated carbocycles. The Hall–Kier alpha value is -2.00. The Kier molecular flexibility index (Phi) is 7.58. The van der Waals surface area contributed by atoms with Gasteiger partial charge < -0.3 is 0 Å². The molecule has 0 heteroatoms. The molecule has 1 aliphatic rings. The zero-order chi connectivity index (χ0) is 18.9. The van der Waals surface area contributed by atoms with Gasteiger partial charge in [0.05, 0.1) is 0 Å². The molecule has 0 nitrogen and oxygen atoms in total. The first-order valence-corrected chi connectivity index (χ1v) is 11.0. The second-order valence-corrected chi connectivity index (χ2v) is 8.11. The number of hydrogen-bond donors (Lipinski definition) is 0. The van der Waals surface area contributed by atoms with Crippen molar-refractivity contribution in [1.29, 1.82) is 0 Å². The van der Waals surface area contributed by atoms with Crippen LogP contribution in [0.5, 0.6) is 0 Å². The second-order valence-electron chi connectivity index (χ2n) is 8.11. The van der Waals surface area contributed by atoms with E-state index in [1.807, 2.05) is 0 Å². The summed E-state index contributed by atoms with van der Waals surface area (Å²) < 4.78 is 0. The van der Waals surface area contributed by atoms with E-state index >= 15 is 0 Å². The third-order valence-corrected chi connectivity index (χ3v) is 5.91. The van der Waals surface area contributed by atoms with Crippen LogP contribution in [0.25, 0.3) is 0 Å². The van der Waals surface area contributed by atoms with Crippen LogP contribution >= 0.6 is 0 Å². The lowest BCUT2D eigenvalue weighted by Gasteiger charge is -2.26. The molecule has 0 N–H and O–H groups in total. The fourth-order valence-corrected chi connectivity index (χ4v) is 4.14. The minimum Gasteiger partial charge on any atom is -0.0945 e. The highest BCUT2D eigenvalue weighted by Crippen LogP contribution is 2.35. The molecule has 1 fully saturated rings. The van der Waals surface area contributed by atoms with Crippen molar-refractivity contribution in [2.75, 3.05) is 0 Å². The molecule has 0 atom stereocenters. The van der Waals surface area contributed by atoms with Crippen LogP contribution in [0.4, 0.5) is 0 Å². The van der Waals surface area contributed by atoms with Gasteiger partial charge in [-0.1, -0.05) is 74.9 Å². The van der Waals surface area contributed by atoms with Crippen LogP contribution in [-0.2, 0) is 12.8 Å². The predicted molar refractivity (Wildman–Crippen MR) is 117 cm³/mol. The van der Waals surface area contributed by atoms with E-state index in [2.05, 4.69) is 74.2 Å². The molecule has 0 aliphatic heterocycles. The number of benzene rings is 2. The molecule has 3 rings (SSSR count). The van der Waals surface area contributed by atoms with Crippen LogP contribution in [0.2, 0.25) is 0 Å². The Morgan fingerprint density at radius 1 is 0.741 bits per heavy atom. The van der Waals surface area contributed by atoms with Gasteiger partial charge in [0.25, 0.3) is 0 Å². The molecule has 0 spiro atoms. The third-order valence-electron chi connectivity index (χ3n) is 5.91. The highest BCUT2D eigenvalue weighted by Gasteiger charge is 2.21. The normalized spacial score (nSPS) is 19.3. The number of hydrogen-bond acceptors (Lipinski definition) is 0. The largest absolute Gasteiger partial charge is 0.0945 e. The first-order valence-electron chi connectivity index (χ1n) is 11.0. The lowest BCUT2D eigenvalue weighted by atomic mass is 9.78. The van der Waals surface area contributed by atoms with Crippen molar-refractivity contribution >= 4 is 0 Å². The van der Waals surface area contributed by atoms with Gasteiger partial charge in [-0.15, -0.1) is 0 Å². The van der Waals surface area contributed by atoms with Gasteiger partial charge >= 0.3 is 0 Å². The molecule has 142 valence electrons. The summed E-state index contributed by atoms with van der Waals surface area (Å²) in [5.74, 6) is 8.27. The van der Waals surface area contributed by atoms with Gasteiger partial charge in [-0.2, -0.15) is 0 Å². The van der Waals surface area contributed by atoms with Gasteiger partial charge in [-0.25, -0.2) is 0 Å². The monoisotopic (exact) mass is 358 g/mol. The van der Waals surface area contributed by atoms with E-state index < -0.39 is 0 Å². The van der Waals surface area contributed by atoms with Gasteiger partial charge in [-0.3, -0.25) is 0 Å². The average molecular weight is 359 g/mol. The van der Waals surface area contributed by atoms with Crippen molar-refractivity contribution < 1.29 is 0 Å². The Balaban J connectivity index is 1.50. The number of aryl methyl sites for hydroxylation is 2. The Bertz CT molecular complexity index is 731. The van der Waals surface area contributed by atoms with Crippen molar-refractivity contribution in [3.05, 3.63) is 70.8 Å². The third kappa shape index (κ3) is 6.00. The van der Waals surface area contributed by atoms with Crippen molar-refractivity contribution in [3.63, 3.8) is 0 Å². The molecule has 0 amide bonds. The molecule has 1 aliphatic carbocycles. The Labute approximate surface area is 166 Å². The first-order chi connectivity index (χ1) is 13.3. The van der Waals surface area contributed by atoms with Crippen LogP contribution < -0.4 is 0 Å².